The Labute approximate surface area is 115 Å². The summed E-state index contributed by atoms with van der Waals surface area (Å²) < 4.78 is 0. The van der Waals surface area contributed by atoms with E-state index in [0.29, 0.717) is 17.1 Å². The second-order valence-corrected chi connectivity index (χ2v) is 4.83. The van der Waals surface area contributed by atoms with Gasteiger partial charge in [-0.3, -0.25) is 20.0 Å². The highest BCUT2D eigenvalue weighted by Crippen LogP contribution is 2.40. The fourth-order valence-electron chi connectivity index (χ4n) is 2.70. The molecule has 2 amide bonds. The summed E-state index contributed by atoms with van der Waals surface area (Å²) in [6.07, 6.45) is 5.09. The van der Waals surface area contributed by atoms with Gasteiger partial charge in [0.05, 0.1) is 23.9 Å². The van der Waals surface area contributed by atoms with Crippen LogP contribution in [0.25, 0.3) is 0 Å². The van der Waals surface area contributed by atoms with Crippen molar-refractivity contribution in [1.82, 2.24) is 16.2 Å². The quantitative estimate of drug-likeness (QED) is 0.524. The van der Waals surface area contributed by atoms with Crippen molar-refractivity contribution < 1.29 is 14.7 Å². The average molecular weight is 274 g/mol. The number of aliphatic imine (C=N–C) groups is 1. The van der Waals surface area contributed by atoms with Crippen LogP contribution in [-0.2, 0) is 9.59 Å². The monoisotopic (exact) mass is 274 g/mol. The lowest BCUT2D eigenvalue weighted by Gasteiger charge is -2.24. The Morgan fingerprint density at radius 1 is 1.55 bits per heavy atom. The second kappa shape index (κ2) is 4.61. The third-order valence-corrected chi connectivity index (χ3v) is 3.47. The third kappa shape index (κ3) is 1.92. The highest BCUT2D eigenvalue weighted by atomic mass is 16.3. The Balaban J connectivity index is 2.06. The van der Waals surface area contributed by atoms with Crippen LogP contribution < -0.4 is 16.2 Å². The molecule has 0 fully saturated rings. The minimum atomic E-state index is -0.467. The van der Waals surface area contributed by atoms with E-state index in [-0.39, 0.29) is 24.3 Å². The number of hydrogen-bond acceptors (Lipinski definition) is 5. The van der Waals surface area contributed by atoms with E-state index in [1.807, 2.05) is 0 Å². The van der Waals surface area contributed by atoms with Crippen LogP contribution in [0.1, 0.15) is 6.92 Å². The topological polar surface area (TPSA) is 103 Å². The van der Waals surface area contributed by atoms with Crippen LogP contribution in [0.3, 0.4) is 0 Å². The van der Waals surface area contributed by atoms with E-state index < -0.39 is 5.92 Å². The molecule has 2 aliphatic heterocycles. The van der Waals surface area contributed by atoms with Crippen LogP contribution in [0, 0.1) is 11.8 Å². The van der Waals surface area contributed by atoms with E-state index in [1.54, 1.807) is 18.4 Å². The molecule has 7 nitrogen and oxygen atoms in total. The van der Waals surface area contributed by atoms with Gasteiger partial charge < -0.3 is 15.8 Å². The van der Waals surface area contributed by atoms with Crippen LogP contribution in [0.2, 0.25) is 0 Å². The molecule has 3 rings (SSSR count). The predicted octanol–water partition coefficient (Wildman–Crippen LogP) is -0.898. The van der Waals surface area contributed by atoms with Crippen LogP contribution in [0.15, 0.2) is 40.3 Å². The first-order valence-corrected chi connectivity index (χ1v) is 6.25. The van der Waals surface area contributed by atoms with Crippen molar-refractivity contribution in [2.24, 2.45) is 16.8 Å². The van der Waals surface area contributed by atoms with E-state index in [1.165, 1.54) is 6.92 Å². The number of hydrazine groups is 1. The molecule has 0 spiro atoms. The fraction of sp³-hybridized carbons (Fsp3) is 0.308. The number of hydrogen-bond donors (Lipinski definition) is 4. The standard InChI is InChI=1S/C13H14N4O3/c1-6(19)15-7-2-8-12-9(4-14-17-13(8)20)11(5-18)16-10(12)3-7/h2-4,8,12,14,18H,5H2,1H3,(H,15,19)(H,17,20). The minimum absolute atomic E-state index is 0.197. The van der Waals surface area contributed by atoms with E-state index in [9.17, 15) is 14.7 Å². The van der Waals surface area contributed by atoms with Crippen molar-refractivity contribution in [2.45, 2.75) is 6.92 Å². The highest BCUT2D eigenvalue weighted by Gasteiger charge is 2.41. The molecule has 0 aromatic heterocycles. The lowest BCUT2D eigenvalue weighted by Crippen LogP contribution is -2.39. The Morgan fingerprint density at radius 2 is 2.35 bits per heavy atom. The number of aliphatic hydroxyl groups is 1. The van der Waals surface area contributed by atoms with Crippen molar-refractivity contribution >= 4 is 17.5 Å². The largest absolute Gasteiger partial charge is 0.390 e. The first-order valence-electron chi connectivity index (χ1n) is 6.25. The van der Waals surface area contributed by atoms with Gasteiger partial charge in [-0.1, -0.05) is 0 Å². The SMILES string of the molecule is CC(=O)NC1=CC2C(=O)NNC=C3C(CO)=NC(=C1)C32. The maximum absolute atomic E-state index is 12.1. The Hall–Kier alpha value is -2.41. The Kier molecular flexibility index (Phi) is 2.90. The molecule has 2 heterocycles. The summed E-state index contributed by atoms with van der Waals surface area (Å²) in [6, 6.07) is 0. The molecule has 4 N–H and O–H groups in total. The molecule has 2 atom stereocenters. The van der Waals surface area contributed by atoms with Gasteiger partial charge in [0.25, 0.3) is 0 Å². The first-order chi connectivity index (χ1) is 9.60. The van der Waals surface area contributed by atoms with Crippen molar-refractivity contribution in [3.63, 3.8) is 0 Å². The van der Waals surface area contributed by atoms with Gasteiger partial charge in [0.15, 0.2) is 0 Å². The second-order valence-electron chi connectivity index (χ2n) is 4.83. The smallest absolute Gasteiger partial charge is 0.246 e. The van der Waals surface area contributed by atoms with E-state index in [4.69, 9.17) is 0 Å². The zero-order chi connectivity index (χ0) is 14.3. The van der Waals surface area contributed by atoms with Gasteiger partial charge >= 0.3 is 0 Å². The number of amides is 2. The van der Waals surface area contributed by atoms with Crippen molar-refractivity contribution in [3.05, 3.63) is 35.3 Å². The minimum Gasteiger partial charge on any atom is -0.390 e. The van der Waals surface area contributed by atoms with Crippen molar-refractivity contribution in [2.75, 3.05) is 6.61 Å². The van der Waals surface area contributed by atoms with Gasteiger partial charge in [0.1, 0.15) is 0 Å². The van der Waals surface area contributed by atoms with E-state index >= 15 is 0 Å². The predicted molar refractivity (Wildman–Crippen MR) is 70.8 cm³/mol. The van der Waals surface area contributed by atoms with Gasteiger partial charge in [-0.05, 0) is 12.2 Å². The lowest BCUT2D eigenvalue weighted by atomic mass is 9.80. The Morgan fingerprint density at radius 3 is 3.05 bits per heavy atom. The number of nitrogens with zero attached hydrogens (tertiary/aromatic N) is 1. The molecule has 20 heavy (non-hydrogen) atoms. The zero-order valence-electron chi connectivity index (χ0n) is 10.8. The fourth-order valence-corrected chi connectivity index (χ4v) is 2.70. The summed E-state index contributed by atoms with van der Waals surface area (Å²) in [5.41, 5.74) is 7.82. The van der Waals surface area contributed by atoms with Gasteiger partial charge in [-0.15, -0.1) is 0 Å². The van der Waals surface area contributed by atoms with Gasteiger partial charge in [0.2, 0.25) is 11.8 Å². The molecular formula is C13H14N4O3. The number of allylic oxidation sites excluding steroid dienone is 2. The maximum Gasteiger partial charge on any atom is 0.246 e. The van der Waals surface area contributed by atoms with Gasteiger partial charge in [0, 0.05) is 30.3 Å². The molecule has 0 aromatic carbocycles. The highest BCUT2D eigenvalue weighted by molar-refractivity contribution is 6.06. The summed E-state index contributed by atoms with van der Waals surface area (Å²) in [6.45, 7) is 1.21. The molecule has 7 heteroatoms. The summed E-state index contributed by atoms with van der Waals surface area (Å²) in [4.78, 5) is 27.6. The third-order valence-electron chi connectivity index (χ3n) is 3.47. The lowest BCUT2D eigenvalue weighted by molar-refractivity contribution is -0.125. The first kappa shape index (κ1) is 12.6. The maximum atomic E-state index is 12.1. The average Bonchev–Trinajstić information content (AvgIpc) is 2.65. The molecule has 0 saturated heterocycles. The van der Waals surface area contributed by atoms with Crippen LogP contribution in [0.4, 0.5) is 0 Å². The number of nitrogens with one attached hydrogen (secondary N) is 3. The molecule has 0 bridgehead atoms. The van der Waals surface area contributed by atoms with Crippen molar-refractivity contribution in [1.29, 1.82) is 0 Å². The zero-order valence-corrected chi connectivity index (χ0v) is 10.8. The molecule has 0 aromatic rings. The van der Waals surface area contributed by atoms with Crippen LogP contribution in [0.5, 0.6) is 0 Å². The molecule has 0 saturated carbocycles. The number of carbonyl (C=O) groups is 2. The molecule has 104 valence electrons. The van der Waals surface area contributed by atoms with Crippen LogP contribution >= 0.6 is 0 Å². The summed E-state index contributed by atoms with van der Waals surface area (Å²) in [7, 11) is 0. The molecule has 3 aliphatic rings. The van der Waals surface area contributed by atoms with E-state index in [0.717, 1.165) is 5.57 Å². The molecule has 1 aliphatic carbocycles. The van der Waals surface area contributed by atoms with Crippen LogP contribution in [-0.4, -0.2) is 29.2 Å². The summed E-state index contributed by atoms with van der Waals surface area (Å²) in [5.74, 6) is -1.10. The number of aliphatic hydroxyl groups excluding tert-OH is 1. The van der Waals surface area contributed by atoms with Gasteiger partial charge in [-0.2, -0.15) is 0 Å². The van der Waals surface area contributed by atoms with Gasteiger partial charge in [-0.25, -0.2) is 0 Å². The summed E-state index contributed by atoms with van der Waals surface area (Å²) >= 11 is 0. The normalized spacial score (nSPS) is 27.0. The number of rotatable bonds is 2. The number of carbonyl (C=O) groups excluding carboxylic acids is 2. The Bertz CT molecular complexity index is 615. The van der Waals surface area contributed by atoms with Crippen molar-refractivity contribution in [3.8, 4) is 0 Å². The van der Waals surface area contributed by atoms with E-state index in [2.05, 4.69) is 21.2 Å². The molecular weight excluding hydrogens is 260 g/mol. The molecule has 0 radical (unpaired) electrons. The summed E-state index contributed by atoms with van der Waals surface area (Å²) in [5, 5.41) is 12.0. The molecule has 2 unspecified atom stereocenters.